The van der Waals surface area contributed by atoms with Crippen molar-refractivity contribution in [3.8, 4) is 0 Å². The first-order valence-electron chi connectivity index (χ1n) is 9.85. The summed E-state index contributed by atoms with van der Waals surface area (Å²) in [7, 11) is 1.78. The van der Waals surface area contributed by atoms with Gasteiger partial charge in [0.15, 0.2) is 5.96 Å². The number of carbonyl (C=O) groups is 1. The molecule has 1 aromatic rings. The molecule has 2 rings (SSSR count). The Labute approximate surface area is 161 Å². The second kappa shape index (κ2) is 10.7. The minimum absolute atomic E-state index is 0.00623. The third-order valence-electron chi connectivity index (χ3n) is 4.99. The molecule has 0 unspecified atom stereocenters. The fourth-order valence-corrected chi connectivity index (χ4v) is 3.42. The number of ether oxygens (including phenoxy) is 1. The van der Waals surface area contributed by atoms with Crippen LogP contribution in [-0.2, 0) is 16.1 Å². The van der Waals surface area contributed by atoms with E-state index in [0.29, 0.717) is 6.61 Å². The summed E-state index contributed by atoms with van der Waals surface area (Å²) < 4.78 is 6.94. The highest BCUT2D eigenvalue weighted by Crippen LogP contribution is 2.18. The smallest absolute Gasteiger partial charge is 0.309 e. The number of pyridine rings is 1. The summed E-state index contributed by atoms with van der Waals surface area (Å²) >= 11 is 0. The first-order valence-corrected chi connectivity index (χ1v) is 9.85. The van der Waals surface area contributed by atoms with E-state index in [9.17, 15) is 9.59 Å². The standard InChI is InChI=1S/C20H32N4O3/c1-4-27-19(26)17-10-14-23(15-11-17)20(21-3)22-12-5-6-13-24-16(2)8-7-9-18(24)25/h7-9,17H,4-6,10-15H2,1-3H3,(H,21,22). The molecule has 1 aromatic heterocycles. The normalized spacial score (nSPS) is 15.7. The quantitative estimate of drug-likeness (QED) is 0.340. The monoisotopic (exact) mass is 376 g/mol. The van der Waals surface area contributed by atoms with Crippen LogP contribution >= 0.6 is 0 Å². The highest BCUT2D eigenvalue weighted by Gasteiger charge is 2.27. The number of aryl methyl sites for hydroxylation is 1. The fraction of sp³-hybridized carbons (Fsp3) is 0.650. The molecule has 0 aromatic carbocycles. The Morgan fingerprint density at radius 3 is 2.67 bits per heavy atom. The summed E-state index contributed by atoms with van der Waals surface area (Å²) in [6, 6.07) is 5.36. The lowest BCUT2D eigenvalue weighted by atomic mass is 9.97. The lowest BCUT2D eigenvalue weighted by molar-refractivity contribution is -0.149. The van der Waals surface area contributed by atoms with Crippen LogP contribution in [0.4, 0.5) is 0 Å². The van der Waals surface area contributed by atoms with E-state index in [1.807, 2.05) is 24.5 Å². The average molecular weight is 377 g/mol. The predicted octanol–water partition coefficient (Wildman–Crippen LogP) is 1.79. The van der Waals surface area contributed by atoms with Crippen molar-refractivity contribution in [3.63, 3.8) is 0 Å². The summed E-state index contributed by atoms with van der Waals surface area (Å²) in [6.45, 7) is 7.40. The summed E-state index contributed by atoms with van der Waals surface area (Å²) in [6.07, 6.45) is 3.49. The number of guanidine groups is 1. The molecule has 7 heteroatoms. The van der Waals surface area contributed by atoms with Gasteiger partial charge in [0.25, 0.3) is 5.56 Å². The number of nitrogens with zero attached hydrogens (tertiary/aromatic N) is 3. The predicted molar refractivity (Wildman–Crippen MR) is 107 cm³/mol. The lowest BCUT2D eigenvalue weighted by Gasteiger charge is -2.33. The van der Waals surface area contributed by atoms with E-state index in [4.69, 9.17) is 4.74 Å². The van der Waals surface area contributed by atoms with Crippen LogP contribution in [0.15, 0.2) is 28.0 Å². The SMILES string of the molecule is CCOC(=O)C1CCN(C(=NC)NCCCCn2c(C)cccc2=O)CC1. The van der Waals surface area contributed by atoms with Crippen molar-refractivity contribution >= 4 is 11.9 Å². The molecule has 150 valence electrons. The van der Waals surface area contributed by atoms with Gasteiger partial charge in [0, 0.05) is 45.0 Å². The molecule has 27 heavy (non-hydrogen) atoms. The number of esters is 1. The molecule has 1 fully saturated rings. The molecule has 1 saturated heterocycles. The van der Waals surface area contributed by atoms with Gasteiger partial charge < -0.3 is 19.5 Å². The van der Waals surface area contributed by atoms with Gasteiger partial charge in [0.2, 0.25) is 0 Å². The molecule has 2 heterocycles. The summed E-state index contributed by atoms with van der Waals surface area (Å²) in [4.78, 5) is 30.3. The minimum atomic E-state index is -0.0773. The van der Waals surface area contributed by atoms with E-state index >= 15 is 0 Å². The Morgan fingerprint density at radius 2 is 2.04 bits per heavy atom. The lowest BCUT2D eigenvalue weighted by Crippen LogP contribution is -2.47. The van der Waals surface area contributed by atoms with Gasteiger partial charge in [0.05, 0.1) is 12.5 Å². The topological polar surface area (TPSA) is 75.9 Å². The number of aromatic nitrogens is 1. The van der Waals surface area contributed by atoms with Crippen molar-refractivity contribution in [3.05, 3.63) is 34.2 Å². The molecule has 0 radical (unpaired) electrons. The molecule has 0 amide bonds. The van der Waals surface area contributed by atoms with Crippen LogP contribution in [0.1, 0.15) is 38.3 Å². The highest BCUT2D eigenvalue weighted by molar-refractivity contribution is 5.80. The van der Waals surface area contributed by atoms with Crippen molar-refractivity contribution in [2.45, 2.75) is 46.1 Å². The molecule has 0 spiro atoms. The van der Waals surface area contributed by atoms with E-state index in [1.165, 1.54) is 0 Å². The van der Waals surface area contributed by atoms with Gasteiger partial charge in [0.1, 0.15) is 0 Å². The van der Waals surface area contributed by atoms with Gasteiger partial charge in [-0.25, -0.2) is 0 Å². The fourth-order valence-electron chi connectivity index (χ4n) is 3.42. The van der Waals surface area contributed by atoms with E-state index in [2.05, 4.69) is 15.2 Å². The first kappa shape index (κ1) is 21.0. The number of hydrogen-bond donors (Lipinski definition) is 1. The van der Waals surface area contributed by atoms with Crippen molar-refractivity contribution in [1.29, 1.82) is 0 Å². The van der Waals surface area contributed by atoms with Gasteiger partial charge in [-0.2, -0.15) is 0 Å². The molecule has 0 atom stereocenters. The van der Waals surface area contributed by atoms with Crippen molar-refractivity contribution in [2.24, 2.45) is 10.9 Å². The van der Waals surface area contributed by atoms with Crippen LogP contribution in [0.2, 0.25) is 0 Å². The van der Waals surface area contributed by atoms with Gasteiger partial charge in [-0.3, -0.25) is 14.6 Å². The number of nitrogens with one attached hydrogen (secondary N) is 1. The number of rotatable bonds is 7. The van der Waals surface area contributed by atoms with Crippen LogP contribution in [-0.4, -0.2) is 54.7 Å². The zero-order chi connectivity index (χ0) is 19.6. The largest absolute Gasteiger partial charge is 0.466 e. The molecular weight excluding hydrogens is 344 g/mol. The second-order valence-corrected chi connectivity index (χ2v) is 6.85. The van der Waals surface area contributed by atoms with Gasteiger partial charge in [-0.1, -0.05) is 6.07 Å². The van der Waals surface area contributed by atoms with Crippen molar-refractivity contribution in [2.75, 3.05) is 33.3 Å². The number of likely N-dealkylation sites (tertiary alicyclic amines) is 1. The Hall–Kier alpha value is -2.31. The van der Waals surface area contributed by atoms with Crippen LogP contribution < -0.4 is 10.9 Å². The van der Waals surface area contributed by atoms with E-state index in [0.717, 1.165) is 63.5 Å². The Bertz CT molecular complexity index is 691. The van der Waals surface area contributed by atoms with Gasteiger partial charge >= 0.3 is 5.97 Å². The van der Waals surface area contributed by atoms with E-state index < -0.39 is 0 Å². The van der Waals surface area contributed by atoms with Crippen LogP contribution in [0.5, 0.6) is 0 Å². The van der Waals surface area contributed by atoms with E-state index in [-0.39, 0.29) is 17.4 Å². The molecule has 0 saturated carbocycles. The number of carbonyl (C=O) groups excluding carboxylic acids is 1. The third-order valence-corrected chi connectivity index (χ3v) is 4.99. The van der Waals surface area contributed by atoms with E-state index in [1.54, 1.807) is 19.2 Å². The summed E-state index contributed by atoms with van der Waals surface area (Å²) in [5, 5.41) is 3.40. The molecule has 1 aliphatic rings. The van der Waals surface area contributed by atoms with Crippen LogP contribution in [0, 0.1) is 12.8 Å². The zero-order valence-corrected chi connectivity index (χ0v) is 16.7. The maximum Gasteiger partial charge on any atom is 0.309 e. The maximum atomic E-state index is 11.9. The Balaban J connectivity index is 1.70. The van der Waals surface area contributed by atoms with Crippen molar-refractivity contribution in [1.82, 2.24) is 14.8 Å². The van der Waals surface area contributed by atoms with Gasteiger partial charge in [-0.05, 0) is 45.6 Å². The third kappa shape index (κ3) is 6.12. The summed E-state index contributed by atoms with van der Waals surface area (Å²) in [5.74, 6) is 0.809. The molecule has 0 bridgehead atoms. The van der Waals surface area contributed by atoms with Gasteiger partial charge in [-0.15, -0.1) is 0 Å². The first-order chi connectivity index (χ1) is 13.1. The van der Waals surface area contributed by atoms with Crippen LogP contribution in [0.3, 0.4) is 0 Å². The number of aliphatic imine (C=N–C) groups is 1. The minimum Gasteiger partial charge on any atom is -0.466 e. The Kier molecular flexibility index (Phi) is 8.36. The van der Waals surface area contributed by atoms with Crippen LogP contribution in [0.25, 0.3) is 0 Å². The molecule has 1 aliphatic heterocycles. The Morgan fingerprint density at radius 1 is 1.30 bits per heavy atom. The maximum absolute atomic E-state index is 11.9. The molecule has 1 N–H and O–H groups in total. The average Bonchev–Trinajstić information content (AvgIpc) is 2.67. The highest BCUT2D eigenvalue weighted by atomic mass is 16.5. The molecule has 7 nitrogen and oxygen atoms in total. The van der Waals surface area contributed by atoms with Crippen molar-refractivity contribution < 1.29 is 9.53 Å². The molecular formula is C20H32N4O3. The number of hydrogen-bond acceptors (Lipinski definition) is 4. The molecule has 0 aliphatic carbocycles. The number of unbranched alkanes of at least 4 members (excludes halogenated alkanes) is 1. The summed E-state index contributed by atoms with van der Waals surface area (Å²) in [5.41, 5.74) is 1.05. The number of piperidine rings is 1. The zero-order valence-electron chi connectivity index (χ0n) is 16.7. The second-order valence-electron chi connectivity index (χ2n) is 6.85.